The fourth-order valence-corrected chi connectivity index (χ4v) is 2.50. The lowest BCUT2D eigenvalue weighted by Crippen LogP contribution is -2.03. The van der Waals surface area contributed by atoms with Gasteiger partial charge in [-0.05, 0) is 55.3 Å². The Kier molecular flexibility index (Phi) is 5.41. The van der Waals surface area contributed by atoms with Crippen LogP contribution >= 0.6 is 11.6 Å². The summed E-state index contributed by atoms with van der Waals surface area (Å²) in [7, 11) is 0. The van der Waals surface area contributed by atoms with Crippen LogP contribution in [0.3, 0.4) is 0 Å². The van der Waals surface area contributed by atoms with Crippen LogP contribution in [-0.4, -0.2) is 9.97 Å². The van der Waals surface area contributed by atoms with Gasteiger partial charge in [0.25, 0.3) is 0 Å². The average Bonchev–Trinajstić information content (AvgIpc) is 2.58. The second-order valence-electron chi connectivity index (χ2n) is 5.90. The number of nitrogen functional groups attached to an aromatic ring is 1. The van der Waals surface area contributed by atoms with E-state index in [2.05, 4.69) is 9.97 Å². The highest BCUT2D eigenvalue weighted by Crippen LogP contribution is 2.31. The third-order valence-corrected chi connectivity index (χ3v) is 4.07. The van der Waals surface area contributed by atoms with Gasteiger partial charge in [-0.15, -0.1) is 0 Å². The Balaban J connectivity index is 1.76. The number of nitrogens with zero attached hydrogens (tertiary/aromatic N) is 2. The van der Waals surface area contributed by atoms with Gasteiger partial charge in [0.2, 0.25) is 11.8 Å². The number of nitrogens with two attached hydrogens (primary N) is 1. The van der Waals surface area contributed by atoms with E-state index in [1.165, 1.54) is 6.07 Å². The first kappa shape index (κ1) is 18.8. The normalized spacial score (nSPS) is 10.7. The molecule has 0 saturated heterocycles. The second-order valence-corrected chi connectivity index (χ2v) is 6.30. The van der Waals surface area contributed by atoms with Crippen molar-refractivity contribution in [3.05, 3.63) is 69.9 Å². The number of benzene rings is 2. The Morgan fingerprint density at radius 2 is 1.74 bits per heavy atom. The average molecular weight is 392 g/mol. The van der Waals surface area contributed by atoms with Gasteiger partial charge in [0.05, 0.1) is 0 Å². The predicted octanol–water partition coefficient (Wildman–Crippen LogP) is 4.98. The lowest BCUT2D eigenvalue weighted by molar-refractivity contribution is 0.291. The molecule has 0 unspecified atom stereocenters. The van der Waals surface area contributed by atoms with Crippen LogP contribution in [0.15, 0.2) is 36.4 Å². The summed E-state index contributed by atoms with van der Waals surface area (Å²) in [6.07, 6.45) is 0. The van der Waals surface area contributed by atoms with E-state index in [0.29, 0.717) is 10.7 Å². The summed E-state index contributed by atoms with van der Waals surface area (Å²) < 4.78 is 39.4. The molecule has 0 atom stereocenters. The molecule has 0 aliphatic carbocycles. The maximum Gasteiger partial charge on any atom is 0.223 e. The second kappa shape index (κ2) is 7.75. The molecule has 0 aliphatic heterocycles. The molecule has 1 heterocycles. The summed E-state index contributed by atoms with van der Waals surface area (Å²) in [5.74, 6) is -1.63. The van der Waals surface area contributed by atoms with Gasteiger partial charge in [-0.2, -0.15) is 4.98 Å². The van der Waals surface area contributed by atoms with Crippen LogP contribution < -0.4 is 15.2 Å². The third kappa shape index (κ3) is 4.62. The molecule has 2 aromatic carbocycles. The molecular formula is C19H16ClF2N3O2. The van der Waals surface area contributed by atoms with E-state index in [9.17, 15) is 8.78 Å². The zero-order valence-electron chi connectivity index (χ0n) is 14.6. The summed E-state index contributed by atoms with van der Waals surface area (Å²) in [6.45, 7) is 3.41. The SMILES string of the molecule is Cc1cc(OCc2cc(F)c(Oc3ccc(Cl)c(C)c3)c(F)c2)nc(N)n1. The summed E-state index contributed by atoms with van der Waals surface area (Å²) in [6, 6.07) is 8.58. The molecule has 3 aromatic rings. The van der Waals surface area contributed by atoms with Crippen molar-refractivity contribution in [1.82, 2.24) is 9.97 Å². The topological polar surface area (TPSA) is 70.3 Å². The van der Waals surface area contributed by atoms with Gasteiger partial charge in [0.1, 0.15) is 12.4 Å². The fraction of sp³-hybridized carbons (Fsp3) is 0.158. The Morgan fingerprint density at radius 1 is 1.04 bits per heavy atom. The van der Waals surface area contributed by atoms with Crippen molar-refractivity contribution in [3.8, 4) is 17.4 Å². The lowest BCUT2D eigenvalue weighted by atomic mass is 10.2. The van der Waals surface area contributed by atoms with Crippen LogP contribution in [0.2, 0.25) is 5.02 Å². The van der Waals surface area contributed by atoms with E-state index in [1.807, 2.05) is 0 Å². The summed E-state index contributed by atoms with van der Waals surface area (Å²) >= 11 is 5.94. The van der Waals surface area contributed by atoms with Crippen molar-refractivity contribution in [2.75, 3.05) is 5.73 Å². The van der Waals surface area contributed by atoms with E-state index >= 15 is 0 Å². The van der Waals surface area contributed by atoms with Crippen molar-refractivity contribution in [2.45, 2.75) is 20.5 Å². The number of aryl methyl sites for hydroxylation is 2. The maximum absolute atomic E-state index is 14.3. The smallest absolute Gasteiger partial charge is 0.223 e. The lowest BCUT2D eigenvalue weighted by Gasteiger charge is -2.11. The molecule has 0 spiro atoms. The quantitative estimate of drug-likeness (QED) is 0.664. The van der Waals surface area contributed by atoms with Crippen molar-refractivity contribution < 1.29 is 18.3 Å². The monoisotopic (exact) mass is 391 g/mol. The largest absolute Gasteiger partial charge is 0.473 e. The minimum Gasteiger partial charge on any atom is -0.473 e. The molecule has 8 heteroatoms. The van der Waals surface area contributed by atoms with Crippen LogP contribution in [0.1, 0.15) is 16.8 Å². The van der Waals surface area contributed by atoms with E-state index < -0.39 is 17.4 Å². The maximum atomic E-state index is 14.3. The summed E-state index contributed by atoms with van der Waals surface area (Å²) in [5, 5.41) is 0.538. The fourth-order valence-electron chi connectivity index (χ4n) is 2.38. The minimum absolute atomic E-state index is 0.0596. The molecule has 0 fully saturated rings. The molecule has 3 rings (SSSR count). The summed E-state index contributed by atoms with van der Waals surface area (Å²) in [5.41, 5.74) is 7.18. The predicted molar refractivity (Wildman–Crippen MR) is 98.1 cm³/mol. The van der Waals surface area contributed by atoms with Crippen molar-refractivity contribution in [1.29, 1.82) is 0 Å². The highest BCUT2D eigenvalue weighted by molar-refractivity contribution is 6.31. The van der Waals surface area contributed by atoms with Crippen LogP contribution in [0, 0.1) is 25.5 Å². The van der Waals surface area contributed by atoms with E-state index in [1.54, 1.807) is 32.0 Å². The van der Waals surface area contributed by atoms with Gasteiger partial charge in [0.15, 0.2) is 17.4 Å². The van der Waals surface area contributed by atoms with E-state index in [0.717, 1.165) is 17.7 Å². The zero-order valence-corrected chi connectivity index (χ0v) is 15.3. The number of hydrogen-bond donors (Lipinski definition) is 1. The molecule has 0 radical (unpaired) electrons. The molecule has 0 amide bonds. The number of aromatic nitrogens is 2. The van der Waals surface area contributed by atoms with Gasteiger partial charge in [0, 0.05) is 16.8 Å². The number of anilines is 1. The molecule has 0 saturated carbocycles. The molecule has 0 aliphatic rings. The molecule has 5 nitrogen and oxygen atoms in total. The van der Waals surface area contributed by atoms with Gasteiger partial charge in [-0.25, -0.2) is 13.8 Å². The van der Waals surface area contributed by atoms with E-state index in [-0.39, 0.29) is 29.7 Å². The Labute approximate surface area is 159 Å². The van der Waals surface area contributed by atoms with Gasteiger partial charge in [-0.3, -0.25) is 0 Å². The first-order chi connectivity index (χ1) is 12.8. The van der Waals surface area contributed by atoms with Crippen LogP contribution in [0.5, 0.6) is 17.4 Å². The van der Waals surface area contributed by atoms with Gasteiger partial charge in [-0.1, -0.05) is 11.6 Å². The standard InChI is InChI=1S/C19H16ClF2N3O2/c1-10-5-13(3-4-14(10)20)27-18-15(21)7-12(8-16(18)22)9-26-17-6-11(2)24-19(23)25-17/h3-8H,9H2,1-2H3,(H2,23,24,25). The number of halogens is 3. The van der Waals surface area contributed by atoms with Gasteiger partial charge < -0.3 is 15.2 Å². The molecule has 27 heavy (non-hydrogen) atoms. The van der Waals surface area contributed by atoms with E-state index in [4.69, 9.17) is 26.8 Å². The number of hydrogen-bond acceptors (Lipinski definition) is 5. The van der Waals surface area contributed by atoms with Crippen LogP contribution in [-0.2, 0) is 6.61 Å². The summed E-state index contributed by atoms with van der Waals surface area (Å²) in [4.78, 5) is 7.83. The zero-order chi connectivity index (χ0) is 19.6. The Bertz CT molecular complexity index is 955. The molecule has 0 bridgehead atoms. The third-order valence-electron chi connectivity index (χ3n) is 3.64. The molecule has 140 valence electrons. The van der Waals surface area contributed by atoms with Crippen LogP contribution in [0.4, 0.5) is 14.7 Å². The van der Waals surface area contributed by atoms with Crippen molar-refractivity contribution >= 4 is 17.5 Å². The first-order valence-corrected chi connectivity index (χ1v) is 8.35. The Hall–Kier alpha value is -2.93. The molecular weight excluding hydrogens is 376 g/mol. The number of ether oxygens (including phenoxy) is 2. The highest BCUT2D eigenvalue weighted by atomic mass is 35.5. The first-order valence-electron chi connectivity index (χ1n) is 7.97. The number of rotatable bonds is 5. The van der Waals surface area contributed by atoms with Crippen LogP contribution in [0.25, 0.3) is 0 Å². The molecule has 2 N–H and O–H groups in total. The molecule has 1 aromatic heterocycles. The highest BCUT2D eigenvalue weighted by Gasteiger charge is 2.15. The Morgan fingerprint density at radius 3 is 2.37 bits per heavy atom. The minimum atomic E-state index is -0.848. The van der Waals surface area contributed by atoms with Gasteiger partial charge >= 0.3 is 0 Å². The van der Waals surface area contributed by atoms with Crippen molar-refractivity contribution in [3.63, 3.8) is 0 Å². The van der Waals surface area contributed by atoms with Crippen molar-refractivity contribution in [2.24, 2.45) is 0 Å².